The quantitative estimate of drug-likeness (QED) is 0.509. The number of aliphatic imine (C=N–C) groups is 1. The van der Waals surface area contributed by atoms with E-state index in [1.807, 2.05) is 27.2 Å². The first-order valence-corrected chi connectivity index (χ1v) is 11.5. The van der Waals surface area contributed by atoms with E-state index < -0.39 is 0 Å². The Kier molecular flexibility index (Phi) is 8.12. The molecule has 2 N–H and O–H groups in total. The van der Waals surface area contributed by atoms with E-state index in [0.29, 0.717) is 13.1 Å². The third kappa shape index (κ3) is 6.09. The van der Waals surface area contributed by atoms with Gasteiger partial charge in [0.15, 0.2) is 5.96 Å². The maximum Gasteiger partial charge on any atom is 0.230 e. The van der Waals surface area contributed by atoms with E-state index in [9.17, 15) is 4.79 Å². The van der Waals surface area contributed by atoms with Gasteiger partial charge < -0.3 is 25.2 Å². The molecule has 3 rings (SSSR count). The number of nitrogens with zero attached hydrogens (tertiary/aromatic N) is 4. The molecule has 172 valence electrons. The molecule has 1 aromatic rings. The number of rotatable bonds is 7. The summed E-state index contributed by atoms with van der Waals surface area (Å²) in [5, 5.41) is 6.73. The van der Waals surface area contributed by atoms with Crippen LogP contribution in [0.25, 0.3) is 0 Å². The molecule has 31 heavy (non-hydrogen) atoms. The maximum atomic E-state index is 12.8. The van der Waals surface area contributed by atoms with Crippen molar-refractivity contribution in [3.8, 4) is 0 Å². The van der Waals surface area contributed by atoms with Crippen molar-refractivity contribution in [2.75, 3.05) is 51.8 Å². The minimum Gasteiger partial charge on any atom is -0.375 e. The van der Waals surface area contributed by atoms with Gasteiger partial charge >= 0.3 is 0 Å². The highest BCUT2D eigenvalue weighted by Gasteiger charge is 2.42. The van der Waals surface area contributed by atoms with E-state index in [2.05, 4.69) is 39.6 Å². The summed E-state index contributed by atoms with van der Waals surface area (Å²) in [5.74, 6) is 1.94. The topological polar surface area (TPSA) is 82.1 Å². The van der Waals surface area contributed by atoms with Crippen molar-refractivity contribution in [2.45, 2.75) is 52.2 Å². The molecular weight excluding hydrogens is 392 g/mol. The van der Waals surface area contributed by atoms with E-state index in [0.717, 1.165) is 69.3 Å². The van der Waals surface area contributed by atoms with E-state index in [1.165, 1.54) is 0 Å². The van der Waals surface area contributed by atoms with Gasteiger partial charge in [0.2, 0.25) is 5.91 Å². The fourth-order valence-corrected chi connectivity index (χ4v) is 4.48. The Morgan fingerprint density at radius 2 is 2.10 bits per heavy atom. The van der Waals surface area contributed by atoms with Crippen LogP contribution in [-0.2, 0) is 16.1 Å². The third-order valence-electron chi connectivity index (χ3n) is 6.15. The van der Waals surface area contributed by atoms with Gasteiger partial charge in [-0.2, -0.15) is 0 Å². The first-order valence-electron chi connectivity index (χ1n) is 11.5. The smallest absolute Gasteiger partial charge is 0.230 e. The number of pyridine rings is 1. The lowest BCUT2D eigenvalue weighted by atomic mass is 9.84. The van der Waals surface area contributed by atoms with E-state index in [1.54, 1.807) is 4.90 Å². The molecule has 1 atom stereocenters. The van der Waals surface area contributed by atoms with Gasteiger partial charge in [-0.05, 0) is 38.3 Å². The van der Waals surface area contributed by atoms with Crippen LogP contribution < -0.4 is 15.5 Å². The van der Waals surface area contributed by atoms with Gasteiger partial charge in [-0.25, -0.2) is 9.98 Å². The summed E-state index contributed by atoms with van der Waals surface area (Å²) in [7, 11) is 3.69. The minimum atomic E-state index is -0.321. The number of hydrogen-bond donors (Lipinski definition) is 2. The van der Waals surface area contributed by atoms with Crippen LogP contribution in [0.1, 0.15) is 45.1 Å². The van der Waals surface area contributed by atoms with Gasteiger partial charge in [-0.15, -0.1) is 0 Å². The average molecular weight is 431 g/mol. The number of hydrogen-bond acceptors (Lipinski definition) is 5. The van der Waals surface area contributed by atoms with Gasteiger partial charge in [-0.3, -0.25) is 4.79 Å². The average Bonchev–Trinajstić information content (AvgIpc) is 3.25. The number of nitrogens with one attached hydrogen (secondary N) is 2. The summed E-state index contributed by atoms with van der Waals surface area (Å²) in [6.45, 7) is 8.54. The number of anilines is 1. The lowest BCUT2D eigenvalue weighted by molar-refractivity contribution is -0.138. The van der Waals surface area contributed by atoms with Crippen LogP contribution in [0.4, 0.5) is 5.82 Å². The molecule has 1 aliphatic heterocycles. The Labute approximate surface area is 186 Å². The maximum absolute atomic E-state index is 12.8. The molecule has 1 amide bonds. The summed E-state index contributed by atoms with van der Waals surface area (Å²) in [6.07, 6.45) is 6.21. The van der Waals surface area contributed by atoms with E-state index in [-0.39, 0.29) is 17.4 Å². The Bertz CT molecular complexity index is 743. The first-order chi connectivity index (χ1) is 14.9. The van der Waals surface area contributed by atoms with Crippen molar-refractivity contribution in [1.29, 1.82) is 0 Å². The molecule has 0 bridgehead atoms. The molecule has 2 aliphatic rings. The van der Waals surface area contributed by atoms with Crippen LogP contribution in [0.5, 0.6) is 0 Å². The van der Waals surface area contributed by atoms with Crippen molar-refractivity contribution < 1.29 is 9.53 Å². The van der Waals surface area contributed by atoms with Gasteiger partial charge in [0.05, 0.1) is 24.7 Å². The van der Waals surface area contributed by atoms with Crippen molar-refractivity contribution in [1.82, 2.24) is 20.5 Å². The number of carbonyl (C=O) groups is 1. The Morgan fingerprint density at radius 3 is 2.71 bits per heavy atom. The molecule has 1 saturated heterocycles. The van der Waals surface area contributed by atoms with Crippen molar-refractivity contribution in [3.05, 3.63) is 23.9 Å². The van der Waals surface area contributed by atoms with Crippen LogP contribution in [-0.4, -0.2) is 74.7 Å². The number of amides is 1. The largest absolute Gasteiger partial charge is 0.375 e. The zero-order valence-electron chi connectivity index (χ0n) is 19.5. The summed E-state index contributed by atoms with van der Waals surface area (Å²) in [5.41, 5.74) is 0.736. The fraction of sp³-hybridized carbons (Fsp3) is 0.696. The highest BCUT2D eigenvalue weighted by molar-refractivity contribution is 5.85. The highest BCUT2D eigenvalue weighted by atomic mass is 16.5. The second-order valence-corrected chi connectivity index (χ2v) is 8.89. The molecule has 1 aromatic heterocycles. The van der Waals surface area contributed by atoms with Gasteiger partial charge in [-0.1, -0.05) is 18.9 Å². The zero-order valence-corrected chi connectivity index (χ0v) is 19.5. The molecule has 8 heteroatoms. The first kappa shape index (κ1) is 23.3. The number of morpholine rings is 1. The van der Waals surface area contributed by atoms with E-state index in [4.69, 9.17) is 9.73 Å². The Hall–Kier alpha value is -2.35. The lowest BCUT2D eigenvalue weighted by Gasteiger charge is -2.32. The Balaban J connectivity index is 1.60. The summed E-state index contributed by atoms with van der Waals surface area (Å²) < 4.78 is 5.61. The Morgan fingerprint density at radius 1 is 1.32 bits per heavy atom. The van der Waals surface area contributed by atoms with Crippen molar-refractivity contribution >= 4 is 17.7 Å². The molecule has 1 saturated carbocycles. The molecule has 0 aromatic carbocycles. The molecule has 1 aliphatic carbocycles. The van der Waals surface area contributed by atoms with Crippen LogP contribution in [0, 0.1) is 5.41 Å². The predicted octanol–water partition coefficient (Wildman–Crippen LogP) is 2.01. The monoisotopic (exact) mass is 430 g/mol. The molecule has 8 nitrogen and oxygen atoms in total. The third-order valence-corrected chi connectivity index (χ3v) is 6.15. The second-order valence-electron chi connectivity index (χ2n) is 8.89. The fourth-order valence-electron chi connectivity index (χ4n) is 4.48. The van der Waals surface area contributed by atoms with Crippen molar-refractivity contribution in [2.24, 2.45) is 10.4 Å². The van der Waals surface area contributed by atoms with E-state index >= 15 is 0 Å². The summed E-state index contributed by atoms with van der Waals surface area (Å²) in [6, 6.07) is 4.15. The molecule has 1 unspecified atom stereocenters. The van der Waals surface area contributed by atoms with Gasteiger partial charge in [0, 0.05) is 46.5 Å². The number of carbonyl (C=O) groups excluding carboxylic acids is 1. The molecular formula is C23H38N6O2. The predicted molar refractivity (Wildman–Crippen MR) is 124 cm³/mol. The number of ether oxygens (including phenoxy) is 1. The van der Waals surface area contributed by atoms with Crippen LogP contribution >= 0.6 is 0 Å². The zero-order chi connectivity index (χ0) is 22.3. The molecule has 2 fully saturated rings. The van der Waals surface area contributed by atoms with Crippen LogP contribution in [0.2, 0.25) is 0 Å². The lowest BCUT2D eigenvalue weighted by Crippen LogP contribution is -2.49. The second kappa shape index (κ2) is 10.8. The molecule has 0 radical (unpaired) electrons. The SMILES string of the molecule is CCNC(=NCc1ccc(N2CCOC(C)C2)nc1)NCC1(C(=O)N(C)C)CCCC1. The van der Waals surface area contributed by atoms with Crippen molar-refractivity contribution in [3.63, 3.8) is 0 Å². The normalized spacial score (nSPS) is 21.1. The van der Waals surface area contributed by atoms with Crippen LogP contribution in [0.15, 0.2) is 23.3 Å². The standard InChI is InChI=1S/C23H38N6O2/c1-5-24-22(27-17-23(10-6-7-11-23)21(30)28(3)4)26-15-19-8-9-20(25-14-19)29-12-13-31-18(2)16-29/h8-9,14,18H,5-7,10-13,15-17H2,1-4H3,(H2,24,26,27). The molecule has 2 heterocycles. The number of aromatic nitrogens is 1. The summed E-state index contributed by atoms with van der Waals surface area (Å²) >= 11 is 0. The van der Waals surface area contributed by atoms with Gasteiger partial charge in [0.1, 0.15) is 5.82 Å². The summed E-state index contributed by atoms with van der Waals surface area (Å²) in [4.78, 5) is 26.1. The highest BCUT2D eigenvalue weighted by Crippen LogP contribution is 2.38. The minimum absolute atomic E-state index is 0.213. The molecule has 0 spiro atoms. The number of guanidine groups is 1. The van der Waals surface area contributed by atoms with Crippen LogP contribution in [0.3, 0.4) is 0 Å². The van der Waals surface area contributed by atoms with Gasteiger partial charge in [0.25, 0.3) is 0 Å².